The summed E-state index contributed by atoms with van der Waals surface area (Å²) in [6.07, 6.45) is 3.36. The van der Waals surface area contributed by atoms with Crippen LogP contribution >= 0.6 is 0 Å². The summed E-state index contributed by atoms with van der Waals surface area (Å²) in [7, 11) is 0. The Labute approximate surface area is 92.8 Å². The van der Waals surface area contributed by atoms with Gasteiger partial charge in [-0.3, -0.25) is 4.98 Å². The molecule has 4 heteroatoms. The Morgan fingerprint density at radius 3 is 2.88 bits per heavy atom. The first-order chi connectivity index (χ1) is 7.74. The lowest BCUT2D eigenvalue weighted by molar-refractivity contribution is 0.301. The number of phenols is 2. The van der Waals surface area contributed by atoms with Crippen LogP contribution in [0.5, 0.6) is 17.2 Å². The number of ether oxygens (including phenoxy) is 1. The largest absolute Gasteiger partial charge is 0.508 e. The zero-order valence-electron chi connectivity index (χ0n) is 8.42. The molecule has 0 spiro atoms. The van der Waals surface area contributed by atoms with Gasteiger partial charge in [0.1, 0.15) is 23.9 Å². The van der Waals surface area contributed by atoms with Crippen LogP contribution in [0.25, 0.3) is 0 Å². The average Bonchev–Trinajstić information content (AvgIpc) is 2.27. The summed E-state index contributed by atoms with van der Waals surface area (Å²) in [4.78, 5) is 3.94. The van der Waals surface area contributed by atoms with Crippen molar-refractivity contribution in [1.29, 1.82) is 0 Å². The normalized spacial score (nSPS) is 10.0. The molecule has 0 aliphatic heterocycles. The van der Waals surface area contributed by atoms with Gasteiger partial charge in [0.2, 0.25) is 0 Å². The molecule has 0 amide bonds. The Kier molecular flexibility index (Phi) is 2.91. The van der Waals surface area contributed by atoms with Crippen LogP contribution < -0.4 is 4.74 Å². The molecule has 1 heterocycles. The fraction of sp³-hybridized carbons (Fsp3) is 0.0833. The van der Waals surface area contributed by atoms with E-state index in [-0.39, 0.29) is 11.5 Å². The third kappa shape index (κ3) is 2.63. The van der Waals surface area contributed by atoms with Gasteiger partial charge in [-0.15, -0.1) is 0 Å². The minimum Gasteiger partial charge on any atom is -0.508 e. The number of benzene rings is 1. The quantitative estimate of drug-likeness (QED) is 0.822. The minimum absolute atomic E-state index is 0.0579. The van der Waals surface area contributed by atoms with Gasteiger partial charge < -0.3 is 14.9 Å². The Hall–Kier alpha value is -2.23. The Balaban J connectivity index is 2.05. The number of phenolic OH excluding ortho intramolecular Hbond substituents is 2. The summed E-state index contributed by atoms with van der Waals surface area (Å²) >= 11 is 0. The first-order valence-electron chi connectivity index (χ1n) is 4.71. The van der Waals surface area contributed by atoms with Crippen LogP contribution in [0, 0.1) is 6.07 Å². The van der Waals surface area contributed by atoms with Crippen molar-refractivity contribution in [3.63, 3.8) is 0 Å². The average molecular weight is 216 g/mol. The molecule has 0 bridgehead atoms. The van der Waals surface area contributed by atoms with Crippen molar-refractivity contribution in [1.82, 2.24) is 4.98 Å². The summed E-state index contributed by atoms with van der Waals surface area (Å²) in [5, 5.41) is 18.4. The highest BCUT2D eigenvalue weighted by molar-refractivity contribution is 5.39. The highest BCUT2D eigenvalue weighted by Gasteiger charge is 2.01. The van der Waals surface area contributed by atoms with E-state index in [0.29, 0.717) is 12.4 Å². The lowest BCUT2D eigenvalue weighted by Gasteiger charge is -2.06. The first kappa shape index (κ1) is 10.3. The molecule has 2 N–H and O–H groups in total. The molecule has 1 radical (unpaired) electrons. The molecule has 0 aliphatic carbocycles. The van der Waals surface area contributed by atoms with E-state index in [2.05, 4.69) is 11.1 Å². The van der Waals surface area contributed by atoms with Crippen molar-refractivity contribution in [2.45, 2.75) is 6.61 Å². The summed E-state index contributed by atoms with van der Waals surface area (Å²) in [5.74, 6) is 0.0833. The molecule has 81 valence electrons. The fourth-order valence-electron chi connectivity index (χ4n) is 1.24. The van der Waals surface area contributed by atoms with Crippen molar-refractivity contribution in [2.24, 2.45) is 0 Å². The van der Waals surface area contributed by atoms with Crippen molar-refractivity contribution < 1.29 is 14.9 Å². The number of rotatable bonds is 3. The van der Waals surface area contributed by atoms with Crippen molar-refractivity contribution in [2.75, 3.05) is 0 Å². The molecule has 0 fully saturated rings. The van der Waals surface area contributed by atoms with E-state index >= 15 is 0 Å². The number of aromatic hydroxyl groups is 2. The summed E-state index contributed by atoms with van der Waals surface area (Å²) < 4.78 is 5.34. The first-order valence-corrected chi connectivity index (χ1v) is 4.71. The second-order valence-electron chi connectivity index (χ2n) is 3.24. The number of nitrogens with zero attached hydrogens (tertiary/aromatic N) is 1. The summed E-state index contributed by atoms with van der Waals surface area (Å²) in [5.41, 5.74) is 0.902. The van der Waals surface area contributed by atoms with Gasteiger partial charge in [-0.2, -0.15) is 0 Å². The van der Waals surface area contributed by atoms with Gasteiger partial charge in [0.25, 0.3) is 0 Å². The lowest BCUT2D eigenvalue weighted by atomic mass is 10.3. The van der Waals surface area contributed by atoms with Crippen LogP contribution in [0.4, 0.5) is 0 Å². The summed E-state index contributed by atoms with van der Waals surface area (Å²) in [6.45, 7) is 0.313. The molecule has 1 aromatic heterocycles. The molecule has 0 atom stereocenters. The standard InChI is InChI=1S/C12H10NO3/c14-10-4-11(15)6-12(5-10)16-8-9-2-1-3-13-7-9/h1-5,7,14-15H,8H2. The molecule has 1 aromatic carbocycles. The smallest absolute Gasteiger partial charge is 0.135 e. The molecule has 0 saturated heterocycles. The molecule has 0 saturated carbocycles. The number of pyridine rings is 1. The van der Waals surface area contributed by atoms with Gasteiger partial charge in [-0.25, -0.2) is 0 Å². The third-order valence-corrected chi connectivity index (χ3v) is 1.93. The minimum atomic E-state index is -0.152. The Morgan fingerprint density at radius 1 is 1.31 bits per heavy atom. The summed E-state index contributed by atoms with van der Waals surface area (Å²) in [6, 6.07) is 8.83. The van der Waals surface area contributed by atoms with E-state index in [1.54, 1.807) is 12.4 Å². The van der Waals surface area contributed by atoms with Gasteiger partial charge in [0.15, 0.2) is 0 Å². The second kappa shape index (κ2) is 4.53. The van der Waals surface area contributed by atoms with E-state index in [1.165, 1.54) is 12.1 Å². The fourth-order valence-corrected chi connectivity index (χ4v) is 1.24. The predicted molar refractivity (Wildman–Crippen MR) is 57.2 cm³/mol. The van der Waals surface area contributed by atoms with Gasteiger partial charge >= 0.3 is 0 Å². The number of hydrogen-bond donors (Lipinski definition) is 2. The molecule has 0 aliphatic rings. The molecule has 2 aromatic rings. The van der Waals surface area contributed by atoms with Crippen LogP contribution in [0.1, 0.15) is 5.56 Å². The third-order valence-electron chi connectivity index (χ3n) is 1.93. The molecule has 4 nitrogen and oxygen atoms in total. The monoisotopic (exact) mass is 216 g/mol. The van der Waals surface area contributed by atoms with Crippen LogP contribution in [0.2, 0.25) is 0 Å². The zero-order chi connectivity index (χ0) is 11.4. The molecule has 16 heavy (non-hydrogen) atoms. The topological polar surface area (TPSA) is 62.6 Å². The van der Waals surface area contributed by atoms with Crippen LogP contribution in [0.3, 0.4) is 0 Å². The number of aromatic nitrogens is 1. The predicted octanol–water partition coefficient (Wildman–Crippen LogP) is 1.87. The maximum absolute atomic E-state index is 9.22. The van der Waals surface area contributed by atoms with Crippen molar-refractivity contribution in [3.05, 3.63) is 48.3 Å². The maximum atomic E-state index is 9.22. The van der Waals surface area contributed by atoms with Crippen molar-refractivity contribution >= 4 is 0 Å². The zero-order valence-corrected chi connectivity index (χ0v) is 8.42. The van der Waals surface area contributed by atoms with Crippen LogP contribution in [-0.4, -0.2) is 15.2 Å². The maximum Gasteiger partial charge on any atom is 0.135 e. The molecule has 2 rings (SSSR count). The molecular formula is C12H10NO3. The van der Waals surface area contributed by atoms with Crippen LogP contribution in [-0.2, 0) is 6.61 Å². The molecular weight excluding hydrogens is 206 g/mol. The highest BCUT2D eigenvalue weighted by atomic mass is 16.5. The van der Waals surface area contributed by atoms with Gasteiger partial charge in [0, 0.05) is 30.1 Å². The van der Waals surface area contributed by atoms with E-state index < -0.39 is 0 Å². The van der Waals surface area contributed by atoms with Crippen molar-refractivity contribution in [3.8, 4) is 17.2 Å². The van der Waals surface area contributed by atoms with Gasteiger partial charge in [-0.1, -0.05) is 6.07 Å². The van der Waals surface area contributed by atoms with Gasteiger partial charge in [0.05, 0.1) is 6.07 Å². The van der Waals surface area contributed by atoms with E-state index in [1.807, 2.05) is 12.1 Å². The van der Waals surface area contributed by atoms with E-state index in [9.17, 15) is 10.2 Å². The number of hydrogen-bond acceptors (Lipinski definition) is 4. The van der Waals surface area contributed by atoms with E-state index in [0.717, 1.165) is 5.56 Å². The Bertz CT molecular complexity index is 451. The Morgan fingerprint density at radius 2 is 2.19 bits per heavy atom. The SMILES string of the molecule is Oc1[c]c(OCc2cccnc2)cc(O)c1. The lowest BCUT2D eigenvalue weighted by Crippen LogP contribution is -1.95. The highest BCUT2D eigenvalue weighted by Crippen LogP contribution is 2.25. The van der Waals surface area contributed by atoms with E-state index in [4.69, 9.17) is 4.74 Å². The second-order valence-corrected chi connectivity index (χ2v) is 3.24. The van der Waals surface area contributed by atoms with Crippen LogP contribution in [0.15, 0.2) is 36.7 Å². The van der Waals surface area contributed by atoms with Gasteiger partial charge in [-0.05, 0) is 6.07 Å². The molecule has 0 unspecified atom stereocenters.